The van der Waals surface area contributed by atoms with Crippen molar-refractivity contribution in [2.75, 3.05) is 0 Å². The molecule has 1 heterocycles. The largest absolute Gasteiger partial charge is 0.274 e. The van der Waals surface area contributed by atoms with E-state index >= 15 is 0 Å². The minimum absolute atomic E-state index is 0.555. The molecule has 0 radical (unpaired) electrons. The molecule has 3 nitrogen and oxygen atoms in total. The summed E-state index contributed by atoms with van der Waals surface area (Å²) in [5, 5.41) is 12.8. The standard InChI is InChI=1S/C7H6ClN3/c1-11-5-6(8)7(10-11)3-2-4-9/h2-3,5H,1H3. The van der Waals surface area contributed by atoms with Crippen LogP contribution >= 0.6 is 11.6 Å². The van der Waals surface area contributed by atoms with E-state index in [1.54, 1.807) is 24.0 Å². The normalized spacial score (nSPS) is 10.3. The molecule has 56 valence electrons. The Bertz CT molecular complexity index is 319. The lowest BCUT2D eigenvalue weighted by Crippen LogP contribution is -1.86. The van der Waals surface area contributed by atoms with Gasteiger partial charge in [0.15, 0.2) is 0 Å². The zero-order chi connectivity index (χ0) is 8.27. The van der Waals surface area contributed by atoms with Crippen molar-refractivity contribution in [2.24, 2.45) is 7.05 Å². The predicted molar refractivity (Wildman–Crippen MR) is 42.9 cm³/mol. The Labute approximate surface area is 69.5 Å². The van der Waals surface area contributed by atoms with Crippen LogP contribution in [0.25, 0.3) is 6.08 Å². The van der Waals surface area contributed by atoms with E-state index in [0.717, 1.165) is 0 Å². The van der Waals surface area contributed by atoms with Gasteiger partial charge in [-0.25, -0.2) is 0 Å². The molecule has 0 N–H and O–H groups in total. The van der Waals surface area contributed by atoms with E-state index in [4.69, 9.17) is 16.9 Å². The fraction of sp³-hybridized carbons (Fsp3) is 0.143. The first-order chi connectivity index (χ1) is 5.24. The van der Waals surface area contributed by atoms with Crippen LogP contribution < -0.4 is 0 Å². The quantitative estimate of drug-likeness (QED) is 0.597. The van der Waals surface area contributed by atoms with Gasteiger partial charge in [-0.2, -0.15) is 10.4 Å². The molecule has 0 aliphatic rings. The maximum atomic E-state index is 8.21. The summed E-state index contributed by atoms with van der Waals surface area (Å²) in [5.74, 6) is 0. The van der Waals surface area contributed by atoms with Gasteiger partial charge in [-0.15, -0.1) is 0 Å². The molecule has 0 saturated carbocycles. The number of aryl methyl sites for hydroxylation is 1. The molecule has 0 aromatic carbocycles. The second-order valence-electron chi connectivity index (χ2n) is 2.00. The van der Waals surface area contributed by atoms with E-state index in [0.29, 0.717) is 10.7 Å². The van der Waals surface area contributed by atoms with Crippen molar-refractivity contribution in [1.29, 1.82) is 5.26 Å². The lowest BCUT2D eigenvalue weighted by Gasteiger charge is -1.81. The third-order valence-corrected chi connectivity index (χ3v) is 1.42. The third-order valence-electron chi connectivity index (χ3n) is 1.13. The summed E-state index contributed by atoms with van der Waals surface area (Å²) < 4.78 is 1.60. The molecule has 1 aromatic rings. The van der Waals surface area contributed by atoms with Crippen molar-refractivity contribution in [3.8, 4) is 6.07 Å². The summed E-state index contributed by atoms with van der Waals surface area (Å²) in [7, 11) is 1.77. The molecule has 0 aliphatic heterocycles. The zero-order valence-corrected chi connectivity index (χ0v) is 6.71. The molecule has 0 saturated heterocycles. The highest BCUT2D eigenvalue weighted by Crippen LogP contribution is 2.13. The van der Waals surface area contributed by atoms with E-state index in [9.17, 15) is 0 Å². The van der Waals surface area contributed by atoms with Gasteiger partial charge in [0, 0.05) is 19.3 Å². The lowest BCUT2D eigenvalue weighted by atomic mass is 10.4. The van der Waals surface area contributed by atoms with Crippen molar-refractivity contribution in [3.05, 3.63) is 23.0 Å². The predicted octanol–water partition coefficient (Wildman–Crippen LogP) is 1.61. The van der Waals surface area contributed by atoms with Gasteiger partial charge in [-0.05, 0) is 6.08 Å². The first-order valence-corrected chi connectivity index (χ1v) is 3.37. The topological polar surface area (TPSA) is 41.6 Å². The summed E-state index contributed by atoms with van der Waals surface area (Å²) in [5.41, 5.74) is 0.621. The van der Waals surface area contributed by atoms with Crippen LogP contribution in [0, 0.1) is 11.3 Å². The number of halogens is 1. The summed E-state index contributed by atoms with van der Waals surface area (Å²) in [6.45, 7) is 0. The fourth-order valence-corrected chi connectivity index (χ4v) is 0.948. The van der Waals surface area contributed by atoms with Crippen LogP contribution in [0.5, 0.6) is 0 Å². The average Bonchev–Trinajstić information content (AvgIpc) is 2.26. The summed E-state index contributed by atoms with van der Waals surface area (Å²) >= 11 is 5.74. The van der Waals surface area contributed by atoms with Gasteiger partial charge in [-0.3, -0.25) is 4.68 Å². The van der Waals surface area contributed by atoms with E-state index < -0.39 is 0 Å². The van der Waals surface area contributed by atoms with Crippen molar-refractivity contribution in [1.82, 2.24) is 9.78 Å². The molecule has 11 heavy (non-hydrogen) atoms. The van der Waals surface area contributed by atoms with Crippen molar-refractivity contribution in [2.45, 2.75) is 0 Å². The average molecular weight is 168 g/mol. The van der Waals surface area contributed by atoms with Crippen molar-refractivity contribution < 1.29 is 0 Å². The van der Waals surface area contributed by atoms with Crippen LogP contribution in [0.15, 0.2) is 12.3 Å². The number of allylic oxidation sites excluding steroid dienone is 1. The zero-order valence-electron chi connectivity index (χ0n) is 5.95. The Hall–Kier alpha value is -1.27. The third kappa shape index (κ3) is 1.82. The molecular formula is C7H6ClN3. The van der Waals surface area contributed by atoms with Crippen LogP contribution in [0.2, 0.25) is 5.02 Å². The molecule has 0 bridgehead atoms. The minimum Gasteiger partial charge on any atom is -0.274 e. The van der Waals surface area contributed by atoms with Gasteiger partial charge in [0.05, 0.1) is 11.1 Å². The minimum atomic E-state index is 0.555. The second-order valence-corrected chi connectivity index (χ2v) is 2.41. The first kappa shape index (κ1) is 7.83. The molecule has 0 aliphatic carbocycles. The van der Waals surface area contributed by atoms with Crippen LogP contribution in [-0.4, -0.2) is 9.78 Å². The van der Waals surface area contributed by atoms with Crippen LogP contribution in [0.3, 0.4) is 0 Å². The first-order valence-electron chi connectivity index (χ1n) is 2.99. The highest BCUT2D eigenvalue weighted by molar-refractivity contribution is 6.31. The number of nitriles is 1. The monoisotopic (exact) mass is 167 g/mol. The number of aromatic nitrogens is 2. The van der Waals surface area contributed by atoms with Crippen LogP contribution in [-0.2, 0) is 7.05 Å². The van der Waals surface area contributed by atoms with Crippen molar-refractivity contribution >= 4 is 17.7 Å². The number of hydrogen-bond donors (Lipinski definition) is 0. The highest BCUT2D eigenvalue weighted by atomic mass is 35.5. The molecule has 4 heteroatoms. The van der Waals surface area contributed by atoms with Crippen molar-refractivity contribution in [3.63, 3.8) is 0 Å². The molecule has 0 spiro atoms. The summed E-state index contributed by atoms with van der Waals surface area (Å²) in [4.78, 5) is 0. The fourth-order valence-electron chi connectivity index (χ4n) is 0.706. The number of rotatable bonds is 1. The Kier molecular flexibility index (Phi) is 2.29. The highest BCUT2D eigenvalue weighted by Gasteiger charge is 1.99. The molecule has 0 fully saturated rings. The number of hydrogen-bond acceptors (Lipinski definition) is 2. The SMILES string of the molecule is Cn1cc(Cl)c(C=CC#N)n1. The maximum absolute atomic E-state index is 8.21. The Morgan fingerprint density at radius 2 is 2.55 bits per heavy atom. The van der Waals surface area contributed by atoms with Gasteiger partial charge >= 0.3 is 0 Å². The van der Waals surface area contributed by atoms with Crippen LogP contribution in [0.1, 0.15) is 5.69 Å². The van der Waals surface area contributed by atoms with Gasteiger partial charge < -0.3 is 0 Å². The van der Waals surface area contributed by atoms with Gasteiger partial charge in [0.25, 0.3) is 0 Å². The Balaban J connectivity index is 2.96. The lowest BCUT2D eigenvalue weighted by molar-refractivity contribution is 0.764. The van der Waals surface area contributed by atoms with Crippen LogP contribution in [0.4, 0.5) is 0 Å². The Morgan fingerprint density at radius 1 is 1.82 bits per heavy atom. The summed E-state index contributed by atoms with van der Waals surface area (Å²) in [6, 6.07) is 1.86. The molecule has 0 atom stereocenters. The van der Waals surface area contributed by atoms with Gasteiger partial charge in [0.2, 0.25) is 0 Å². The molecular weight excluding hydrogens is 162 g/mol. The van der Waals surface area contributed by atoms with Gasteiger partial charge in [-0.1, -0.05) is 11.6 Å². The van der Waals surface area contributed by atoms with E-state index in [2.05, 4.69) is 5.10 Å². The number of nitrogens with zero attached hydrogens (tertiary/aromatic N) is 3. The molecule has 0 amide bonds. The van der Waals surface area contributed by atoms with Gasteiger partial charge in [0.1, 0.15) is 5.69 Å². The summed E-state index contributed by atoms with van der Waals surface area (Å²) in [6.07, 6.45) is 4.59. The van der Waals surface area contributed by atoms with E-state index in [1.807, 2.05) is 6.07 Å². The van der Waals surface area contributed by atoms with E-state index in [-0.39, 0.29) is 0 Å². The molecule has 1 rings (SSSR count). The smallest absolute Gasteiger partial charge is 0.104 e. The van der Waals surface area contributed by atoms with E-state index in [1.165, 1.54) is 6.08 Å². The maximum Gasteiger partial charge on any atom is 0.104 e. The second kappa shape index (κ2) is 3.22. The Morgan fingerprint density at radius 3 is 3.00 bits per heavy atom. The molecule has 1 aromatic heterocycles. The molecule has 0 unspecified atom stereocenters.